The number of hydrogen-bond donors (Lipinski definition) is 0. The van der Waals surface area contributed by atoms with Crippen LogP contribution in [-0.4, -0.2) is 0 Å². The monoisotopic (exact) mass is 156 g/mol. The zero-order valence-corrected chi connectivity index (χ0v) is 7.20. The second-order valence-electron chi connectivity index (χ2n) is 3.23. The van der Waals surface area contributed by atoms with Crippen molar-refractivity contribution < 1.29 is 0 Å². The fraction of sp³-hybridized carbons (Fsp3) is 0.167. The first-order valence-electron chi connectivity index (χ1n) is 4.28. The summed E-state index contributed by atoms with van der Waals surface area (Å²) in [6.45, 7) is 2.13. The van der Waals surface area contributed by atoms with E-state index in [4.69, 9.17) is 0 Å². The van der Waals surface area contributed by atoms with Crippen LogP contribution in [0.5, 0.6) is 0 Å². The second kappa shape index (κ2) is 2.98. The topological polar surface area (TPSA) is 0 Å². The molecule has 1 unspecified atom stereocenters. The summed E-state index contributed by atoms with van der Waals surface area (Å²) in [7, 11) is 0. The fourth-order valence-corrected chi connectivity index (χ4v) is 1.50. The van der Waals surface area contributed by atoms with Crippen LogP contribution >= 0.6 is 0 Å². The van der Waals surface area contributed by atoms with Crippen LogP contribution in [0.15, 0.2) is 59.8 Å². The van der Waals surface area contributed by atoms with E-state index < -0.39 is 0 Å². The molecule has 1 atom stereocenters. The summed E-state index contributed by atoms with van der Waals surface area (Å²) in [6.07, 6.45) is 17.4. The van der Waals surface area contributed by atoms with Gasteiger partial charge in [-0.2, -0.15) is 0 Å². The third kappa shape index (κ3) is 1.48. The molecule has 0 N–H and O–H groups in total. The normalized spacial score (nSPS) is 31.2. The van der Waals surface area contributed by atoms with E-state index in [1.54, 1.807) is 0 Å². The SMILES string of the molecule is CC1=CC2C=CC(=C2)/C=C/C=C\1. The number of fused-ring (bicyclic) bond motifs is 1. The maximum Gasteiger partial charge on any atom is 0.0145 e. The summed E-state index contributed by atoms with van der Waals surface area (Å²) in [5.41, 5.74) is 2.64. The molecular weight excluding hydrogens is 144 g/mol. The van der Waals surface area contributed by atoms with E-state index in [1.165, 1.54) is 11.1 Å². The van der Waals surface area contributed by atoms with Gasteiger partial charge in [0.25, 0.3) is 0 Å². The second-order valence-corrected chi connectivity index (χ2v) is 3.23. The molecule has 60 valence electrons. The van der Waals surface area contributed by atoms with E-state index in [9.17, 15) is 0 Å². The highest BCUT2D eigenvalue weighted by Gasteiger charge is 2.04. The first kappa shape index (κ1) is 7.35. The molecule has 0 fully saturated rings. The molecule has 0 spiro atoms. The number of hydrogen-bond acceptors (Lipinski definition) is 0. The Kier molecular flexibility index (Phi) is 1.83. The molecule has 0 aromatic rings. The molecule has 0 radical (unpaired) electrons. The van der Waals surface area contributed by atoms with E-state index in [0.29, 0.717) is 5.92 Å². The lowest BCUT2D eigenvalue weighted by Gasteiger charge is -1.96. The smallest absolute Gasteiger partial charge is 0.0145 e. The van der Waals surface area contributed by atoms with Crippen molar-refractivity contribution in [2.75, 3.05) is 0 Å². The molecule has 2 aliphatic rings. The van der Waals surface area contributed by atoms with Crippen LogP contribution in [0.1, 0.15) is 6.92 Å². The van der Waals surface area contributed by atoms with Crippen molar-refractivity contribution >= 4 is 0 Å². The summed E-state index contributed by atoms with van der Waals surface area (Å²) in [4.78, 5) is 0. The van der Waals surface area contributed by atoms with Gasteiger partial charge < -0.3 is 0 Å². The molecule has 12 heavy (non-hydrogen) atoms. The van der Waals surface area contributed by atoms with E-state index >= 15 is 0 Å². The quantitative estimate of drug-likeness (QED) is 0.505. The van der Waals surface area contributed by atoms with Gasteiger partial charge in [-0.3, -0.25) is 0 Å². The molecule has 2 aliphatic carbocycles. The van der Waals surface area contributed by atoms with Crippen LogP contribution in [0.3, 0.4) is 0 Å². The van der Waals surface area contributed by atoms with Gasteiger partial charge in [0, 0.05) is 5.92 Å². The van der Waals surface area contributed by atoms with Crippen molar-refractivity contribution in [3.8, 4) is 0 Å². The number of allylic oxidation sites excluding steroid dienone is 10. The van der Waals surface area contributed by atoms with Crippen molar-refractivity contribution in [2.24, 2.45) is 5.92 Å². The molecule has 0 aromatic carbocycles. The summed E-state index contributed by atoms with van der Waals surface area (Å²) in [5, 5.41) is 0. The van der Waals surface area contributed by atoms with Gasteiger partial charge in [-0.1, -0.05) is 54.2 Å². The van der Waals surface area contributed by atoms with Gasteiger partial charge in [0.2, 0.25) is 0 Å². The van der Waals surface area contributed by atoms with Gasteiger partial charge in [-0.15, -0.1) is 0 Å². The Bertz CT molecular complexity index is 322. The summed E-state index contributed by atoms with van der Waals surface area (Å²) >= 11 is 0. The minimum Gasteiger partial charge on any atom is -0.0732 e. The van der Waals surface area contributed by atoms with E-state index in [2.05, 4.69) is 55.5 Å². The maximum atomic E-state index is 2.27. The third-order valence-electron chi connectivity index (χ3n) is 2.11. The highest BCUT2D eigenvalue weighted by Crippen LogP contribution is 2.20. The Labute approximate surface area is 73.3 Å². The largest absolute Gasteiger partial charge is 0.0732 e. The average Bonchev–Trinajstić information content (AvgIpc) is 2.49. The Balaban J connectivity index is 2.39. The lowest BCUT2D eigenvalue weighted by molar-refractivity contribution is 1.07. The Morgan fingerprint density at radius 2 is 1.83 bits per heavy atom. The van der Waals surface area contributed by atoms with E-state index in [1.807, 2.05) is 0 Å². The fourth-order valence-electron chi connectivity index (χ4n) is 1.50. The first-order chi connectivity index (χ1) is 5.84. The molecule has 0 aliphatic heterocycles. The lowest BCUT2D eigenvalue weighted by atomic mass is 10.1. The van der Waals surface area contributed by atoms with Crippen molar-refractivity contribution in [2.45, 2.75) is 6.92 Å². The minimum absolute atomic E-state index is 0.507. The van der Waals surface area contributed by atoms with Crippen LogP contribution in [0.25, 0.3) is 0 Å². The highest BCUT2D eigenvalue weighted by molar-refractivity contribution is 5.43. The Hall–Kier alpha value is -1.30. The predicted molar refractivity (Wildman–Crippen MR) is 52.8 cm³/mol. The molecule has 0 aromatic heterocycles. The number of rotatable bonds is 0. The van der Waals surface area contributed by atoms with Gasteiger partial charge in [-0.05, 0) is 12.5 Å². The van der Waals surface area contributed by atoms with Crippen LogP contribution in [0.2, 0.25) is 0 Å². The van der Waals surface area contributed by atoms with Crippen molar-refractivity contribution in [1.82, 2.24) is 0 Å². The summed E-state index contributed by atoms with van der Waals surface area (Å²) in [6, 6.07) is 0. The van der Waals surface area contributed by atoms with E-state index in [0.717, 1.165) is 0 Å². The first-order valence-corrected chi connectivity index (χ1v) is 4.28. The van der Waals surface area contributed by atoms with Gasteiger partial charge in [0.05, 0.1) is 0 Å². The predicted octanol–water partition coefficient (Wildman–Crippen LogP) is 3.17. The van der Waals surface area contributed by atoms with Crippen LogP contribution in [0, 0.1) is 5.92 Å². The molecule has 2 rings (SSSR count). The van der Waals surface area contributed by atoms with Gasteiger partial charge in [-0.25, -0.2) is 0 Å². The van der Waals surface area contributed by atoms with E-state index in [-0.39, 0.29) is 0 Å². The minimum atomic E-state index is 0.507. The molecule has 0 saturated carbocycles. The van der Waals surface area contributed by atoms with Gasteiger partial charge in [0.15, 0.2) is 0 Å². The zero-order chi connectivity index (χ0) is 8.39. The van der Waals surface area contributed by atoms with Crippen LogP contribution in [-0.2, 0) is 0 Å². The standard InChI is InChI=1S/C12H12/c1-10-4-2-3-5-11-6-7-12(8-10)9-11/h2-9,12H,1H3/b4-2-,5-3+,10-8?. The molecular formula is C12H12. The third-order valence-corrected chi connectivity index (χ3v) is 2.11. The lowest BCUT2D eigenvalue weighted by Crippen LogP contribution is -1.82. The molecule has 0 nitrogen and oxygen atoms in total. The molecule has 0 saturated heterocycles. The highest BCUT2D eigenvalue weighted by atomic mass is 14.1. The molecule has 0 heterocycles. The van der Waals surface area contributed by atoms with Crippen molar-refractivity contribution in [3.05, 3.63) is 59.8 Å². The average molecular weight is 156 g/mol. The van der Waals surface area contributed by atoms with Crippen LogP contribution in [0.4, 0.5) is 0 Å². The Morgan fingerprint density at radius 1 is 1.00 bits per heavy atom. The summed E-state index contributed by atoms with van der Waals surface area (Å²) < 4.78 is 0. The summed E-state index contributed by atoms with van der Waals surface area (Å²) in [5.74, 6) is 0.507. The van der Waals surface area contributed by atoms with Crippen molar-refractivity contribution in [3.63, 3.8) is 0 Å². The van der Waals surface area contributed by atoms with Gasteiger partial charge in [0.1, 0.15) is 0 Å². The molecule has 0 heteroatoms. The Morgan fingerprint density at radius 3 is 2.75 bits per heavy atom. The van der Waals surface area contributed by atoms with Crippen LogP contribution < -0.4 is 0 Å². The molecule has 2 bridgehead atoms. The van der Waals surface area contributed by atoms with Crippen molar-refractivity contribution in [1.29, 1.82) is 0 Å². The molecule has 0 amide bonds. The van der Waals surface area contributed by atoms with Gasteiger partial charge >= 0.3 is 0 Å². The maximum absolute atomic E-state index is 2.27. The zero-order valence-electron chi connectivity index (χ0n) is 7.20.